The SMILES string of the molecule is CCCC1CC(C(=O)NCC(C)(C)CC(C)O)CCO1. The molecular weight excluding hydrogens is 254 g/mol. The molecule has 0 aliphatic carbocycles. The summed E-state index contributed by atoms with van der Waals surface area (Å²) in [6.45, 7) is 9.39. The van der Waals surface area contributed by atoms with Crippen molar-refractivity contribution in [2.75, 3.05) is 13.2 Å². The van der Waals surface area contributed by atoms with E-state index in [0.29, 0.717) is 19.6 Å². The van der Waals surface area contributed by atoms with Crippen LogP contribution in [0.3, 0.4) is 0 Å². The Kier molecular flexibility index (Phi) is 6.96. The summed E-state index contributed by atoms with van der Waals surface area (Å²) < 4.78 is 5.68. The molecule has 0 aromatic carbocycles. The summed E-state index contributed by atoms with van der Waals surface area (Å²) in [5.74, 6) is 0.232. The average molecular weight is 285 g/mol. The highest BCUT2D eigenvalue weighted by Gasteiger charge is 2.29. The number of rotatable bonds is 7. The molecule has 0 aromatic rings. The lowest BCUT2D eigenvalue weighted by atomic mass is 9.86. The van der Waals surface area contributed by atoms with E-state index in [1.54, 1.807) is 6.92 Å². The Hall–Kier alpha value is -0.610. The molecule has 0 radical (unpaired) electrons. The first-order valence-electron chi connectivity index (χ1n) is 7.91. The van der Waals surface area contributed by atoms with Crippen molar-refractivity contribution in [1.82, 2.24) is 5.32 Å². The standard InChI is InChI=1S/C16H31NO3/c1-5-6-14-9-13(7-8-20-14)15(19)17-11-16(3,4)10-12(2)18/h12-14,18H,5-11H2,1-4H3,(H,17,19). The van der Waals surface area contributed by atoms with E-state index in [-0.39, 0.29) is 29.4 Å². The zero-order valence-corrected chi connectivity index (χ0v) is 13.4. The topological polar surface area (TPSA) is 58.6 Å². The van der Waals surface area contributed by atoms with Crippen molar-refractivity contribution in [2.45, 2.75) is 72.0 Å². The summed E-state index contributed by atoms with van der Waals surface area (Å²) in [6, 6.07) is 0. The van der Waals surface area contributed by atoms with Gasteiger partial charge in [0.15, 0.2) is 0 Å². The molecule has 20 heavy (non-hydrogen) atoms. The minimum Gasteiger partial charge on any atom is -0.393 e. The van der Waals surface area contributed by atoms with Gasteiger partial charge >= 0.3 is 0 Å². The average Bonchev–Trinajstić information content (AvgIpc) is 2.35. The minimum atomic E-state index is -0.334. The van der Waals surface area contributed by atoms with E-state index in [2.05, 4.69) is 26.1 Å². The van der Waals surface area contributed by atoms with Crippen LogP contribution in [0, 0.1) is 11.3 Å². The van der Waals surface area contributed by atoms with Crippen LogP contribution in [0.1, 0.15) is 59.8 Å². The van der Waals surface area contributed by atoms with Crippen LogP contribution in [-0.4, -0.2) is 36.4 Å². The molecule has 3 unspecified atom stereocenters. The molecule has 0 bridgehead atoms. The predicted molar refractivity (Wildman–Crippen MR) is 80.5 cm³/mol. The molecule has 0 spiro atoms. The molecule has 1 aliphatic rings. The molecule has 3 atom stereocenters. The summed E-state index contributed by atoms with van der Waals surface area (Å²) in [6.07, 6.45) is 4.41. The molecule has 4 heteroatoms. The van der Waals surface area contributed by atoms with Crippen molar-refractivity contribution in [1.29, 1.82) is 0 Å². The van der Waals surface area contributed by atoms with Gasteiger partial charge in [-0.3, -0.25) is 4.79 Å². The van der Waals surface area contributed by atoms with Crippen molar-refractivity contribution in [3.8, 4) is 0 Å². The third kappa shape index (κ3) is 6.23. The molecular formula is C16H31NO3. The highest BCUT2D eigenvalue weighted by molar-refractivity contribution is 5.78. The van der Waals surface area contributed by atoms with Crippen LogP contribution in [0.25, 0.3) is 0 Å². The normalized spacial score (nSPS) is 25.2. The molecule has 0 saturated carbocycles. The lowest BCUT2D eigenvalue weighted by molar-refractivity contribution is -0.130. The van der Waals surface area contributed by atoms with Crippen molar-refractivity contribution >= 4 is 5.91 Å². The Morgan fingerprint density at radius 2 is 2.20 bits per heavy atom. The van der Waals surface area contributed by atoms with Gasteiger partial charge in [-0.25, -0.2) is 0 Å². The van der Waals surface area contributed by atoms with Crippen LogP contribution in [0.15, 0.2) is 0 Å². The second-order valence-electron chi connectivity index (χ2n) is 6.94. The molecule has 1 saturated heterocycles. The Balaban J connectivity index is 2.38. The van der Waals surface area contributed by atoms with E-state index in [4.69, 9.17) is 4.74 Å². The van der Waals surface area contributed by atoms with Crippen LogP contribution in [0.4, 0.5) is 0 Å². The number of ether oxygens (including phenoxy) is 1. The largest absolute Gasteiger partial charge is 0.393 e. The number of hydrogen-bond acceptors (Lipinski definition) is 3. The summed E-state index contributed by atoms with van der Waals surface area (Å²) in [7, 11) is 0. The monoisotopic (exact) mass is 285 g/mol. The summed E-state index contributed by atoms with van der Waals surface area (Å²) in [5.41, 5.74) is -0.0716. The quantitative estimate of drug-likeness (QED) is 0.755. The molecule has 1 amide bonds. The Morgan fingerprint density at radius 3 is 2.80 bits per heavy atom. The maximum atomic E-state index is 12.3. The molecule has 1 heterocycles. The van der Waals surface area contributed by atoms with Gasteiger partial charge in [-0.05, 0) is 38.0 Å². The highest BCUT2D eigenvalue weighted by atomic mass is 16.5. The van der Waals surface area contributed by atoms with E-state index in [1.807, 2.05) is 0 Å². The number of hydrogen-bond donors (Lipinski definition) is 2. The van der Waals surface area contributed by atoms with Crippen LogP contribution in [0.2, 0.25) is 0 Å². The van der Waals surface area contributed by atoms with Gasteiger partial charge in [0.2, 0.25) is 5.91 Å². The van der Waals surface area contributed by atoms with E-state index < -0.39 is 0 Å². The Morgan fingerprint density at radius 1 is 1.50 bits per heavy atom. The van der Waals surface area contributed by atoms with Crippen molar-refractivity contribution in [2.24, 2.45) is 11.3 Å². The number of amides is 1. The van der Waals surface area contributed by atoms with Crippen molar-refractivity contribution < 1.29 is 14.6 Å². The highest BCUT2D eigenvalue weighted by Crippen LogP contribution is 2.25. The van der Waals surface area contributed by atoms with Gasteiger partial charge in [-0.15, -0.1) is 0 Å². The fourth-order valence-corrected chi connectivity index (χ4v) is 2.98. The minimum absolute atomic E-state index is 0.0716. The first kappa shape index (κ1) is 17.4. The zero-order chi connectivity index (χ0) is 15.2. The first-order chi connectivity index (χ1) is 9.34. The molecule has 1 fully saturated rings. The third-order valence-corrected chi connectivity index (χ3v) is 3.94. The van der Waals surface area contributed by atoms with Gasteiger partial charge in [-0.2, -0.15) is 0 Å². The van der Waals surface area contributed by atoms with Crippen LogP contribution in [0.5, 0.6) is 0 Å². The summed E-state index contributed by atoms with van der Waals surface area (Å²) in [5, 5.41) is 12.5. The van der Waals surface area contributed by atoms with Gasteiger partial charge < -0.3 is 15.2 Å². The lowest BCUT2D eigenvalue weighted by Crippen LogP contribution is -2.41. The molecule has 1 rings (SSSR count). The van der Waals surface area contributed by atoms with E-state index in [1.165, 1.54) is 0 Å². The van der Waals surface area contributed by atoms with Crippen molar-refractivity contribution in [3.63, 3.8) is 0 Å². The third-order valence-electron chi connectivity index (χ3n) is 3.94. The molecule has 1 aliphatic heterocycles. The Labute approximate surface area is 123 Å². The Bertz CT molecular complexity index is 300. The van der Waals surface area contributed by atoms with Gasteiger partial charge in [0.25, 0.3) is 0 Å². The van der Waals surface area contributed by atoms with E-state index in [9.17, 15) is 9.90 Å². The summed E-state index contributed by atoms with van der Waals surface area (Å²) in [4.78, 5) is 12.3. The van der Waals surface area contributed by atoms with Crippen LogP contribution >= 0.6 is 0 Å². The van der Waals surface area contributed by atoms with Gasteiger partial charge in [0.05, 0.1) is 12.2 Å². The number of carbonyl (C=O) groups excluding carboxylic acids is 1. The molecule has 118 valence electrons. The smallest absolute Gasteiger partial charge is 0.223 e. The lowest BCUT2D eigenvalue weighted by Gasteiger charge is -2.31. The number of aliphatic hydroxyl groups excluding tert-OH is 1. The fraction of sp³-hybridized carbons (Fsp3) is 0.938. The predicted octanol–water partition coefficient (Wildman–Crippen LogP) is 2.50. The van der Waals surface area contributed by atoms with E-state index >= 15 is 0 Å². The van der Waals surface area contributed by atoms with Crippen LogP contribution < -0.4 is 5.32 Å². The first-order valence-corrected chi connectivity index (χ1v) is 7.91. The molecule has 2 N–H and O–H groups in total. The fourth-order valence-electron chi connectivity index (χ4n) is 2.98. The second kappa shape index (κ2) is 7.99. The molecule has 0 aromatic heterocycles. The van der Waals surface area contributed by atoms with Crippen LogP contribution in [-0.2, 0) is 9.53 Å². The summed E-state index contributed by atoms with van der Waals surface area (Å²) >= 11 is 0. The number of carbonyl (C=O) groups is 1. The number of aliphatic hydroxyl groups is 1. The second-order valence-corrected chi connectivity index (χ2v) is 6.94. The van der Waals surface area contributed by atoms with Gasteiger partial charge in [-0.1, -0.05) is 27.2 Å². The molecule has 4 nitrogen and oxygen atoms in total. The maximum Gasteiger partial charge on any atom is 0.223 e. The maximum absolute atomic E-state index is 12.3. The van der Waals surface area contributed by atoms with Gasteiger partial charge in [0.1, 0.15) is 0 Å². The number of nitrogens with one attached hydrogen (secondary N) is 1. The van der Waals surface area contributed by atoms with Crippen molar-refractivity contribution in [3.05, 3.63) is 0 Å². The van der Waals surface area contributed by atoms with Gasteiger partial charge in [0, 0.05) is 19.1 Å². The van der Waals surface area contributed by atoms with E-state index in [0.717, 1.165) is 25.7 Å². The zero-order valence-electron chi connectivity index (χ0n) is 13.4.